The number of aryl methyl sites for hydroxylation is 1. The lowest BCUT2D eigenvalue weighted by Gasteiger charge is -2.07. The highest BCUT2D eigenvalue weighted by Gasteiger charge is 2.08. The molecule has 2 aromatic heterocycles. The number of carbonyl (C=O) groups excluding carboxylic acids is 1. The first kappa shape index (κ1) is 18.1. The smallest absolute Gasteiger partial charge is 0.307 e. The number of fused-ring (bicyclic) bond motifs is 1. The highest BCUT2D eigenvalue weighted by molar-refractivity contribution is 7.99. The summed E-state index contributed by atoms with van der Waals surface area (Å²) < 4.78 is 20.1. The number of hydrogen-bond acceptors (Lipinski definition) is 5. The zero-order valence-electron chi connectivity index (χ0n) is 14.1. The zero-order valence-corrected chi connectivity index (χ0v) is 15.0. The van der Waals surface area contributed by atoms with Gasteiger partial charge < -0.3 is 4.74 Å². The van der Waals surface area contributed by atoms with Crippen LogP contribution in [0.25, 0.3) is 5.65 Å². The van der Waals surface area contributed by atoms with Crippen molar-refractivity contribution in [3.63, 3.8) is 0 Å². The van der Waals surface area contributed by atoms with Gasteiger partial charge in [0.1, 0.15) is 18.1 Å². The average molecular weight is 372 g/mol. The van der Waals surface area contributed by atoms with Crippen LogP contribution in [0.15, 0.2) is 58.4 Å². The van der Waals surface area contributed by atoms with Gasteiger partial charge in [0.15, 0.2) is 0 Å². The molecule has 0 aliphatic rings. The van der Waals surface area contributed by atoms with E-state index in [0.717, 1.165) is 5.56 Å². The Balaban J connectivity index is 1.54. The van der Waals surface area contributed by atoms with Crippen LogP contribution in [0.2, 0.25) is 0 Å². The molecule has 134 valence electrons. The van der Waals surface area contributed by atoms with Crippen molar-refractivity contribution in [3.05, 3.63) is 76.1 Å². The number of nitrogens with zero attached hydrogens (tertiary/aromatic N) is 2. The number of ether oxygens (including phenoxy) is 1. The van der Waals surface area contributed by atoms with Gasteiger partial charge in [0.25, 0.3) is 5.56 Å². The molecule has 0 bridgehead atoms. The Morgan fingerprint density at radius 1 is 1.27 bits per heavy atom. The first-order chi connectivity index (χ1) is 12.5. The van der Waals surface area contributed by atoms with Gasteiger partial charge in [-0.15, -0.1) is 11.8 Å². The van der Waals surface area contributed by atoms with Gasteiger partial charge in [-0.05, 0) is 30.7 Å². The standard InChI is InChI=1S/C19H17FN2O3S/c1-13-6-7-17-21-14(10-18(23)22(17)11-13)12-25-19(24)8-9-26-16-5-3-2-4-15(16)20/h2-7,10-11H,8-9,12H2,1H3. The summed E-state index contributed by atoms with van der Waals surface area (Å²) in [4.78, 5) is 28.8. The summed E-state index contributed by atoms with van der Waals surface area (Å²) in [6.45, 7) is 1.82. The minimum atomic E-state index is -0.417. The number of benzene rings is 1. The Morgan fingerprint density at radius 2 is 2.08 bits per heavy atom. The van der Waals surface area contributed by atoms with Gasteiger partial charge >= 0.3 is 5.97 Å². The van der Waals surface area contributed by atoms with Crippen LogP contribution in [0.4, 0.5) is 4.39 Å². The van der Waals surface area contributed by atoms with Crippen molar-refractivity contribution in [1.29, 1.82) is 0 Å². The van der Waals surface area contributed by atoms with Gasteiger partial charge in [-0.2, -0.15) is 0 Å². The highest BCUT2D eigenvalue weighted by Crippen LogP contribution is 2.21. The maximum atomic E-state index is 13.5. The van der Waals surface area contributed by atoms with Crippen LogP contribution in [-0.4, -0.2) is 21.1 Å². The second-order valence-electron chi connectivity index (χ2n) is 5.71. The highest BCUT2D eigenvalue weighted by atomic mass is 32.2. The van der Waals surface area contributed by atoms with Gasteiger partial charge in [-0.1, -0.05) is 18.2 Å². The van der Waals surface area contributed by atoms with E-state index in [1.807, 2.05) is 13.0 Å². The van der Waals surface area contributed by atoms with Crippen LogP contribution >= 0.6 is 11.8 Å². The SMILES string of the molecule is Cc1ccc2nc(COC(=O)CCSc3ccccc3F)cc(=O)n2c1. The molecule has 2 heterocycles. The number of halogens is 1. The Morgan fingerprint density at radius 3 is 2.88 bits per heavy atom. The van der Waals surface area contributed by atoms with Gasteiger partial charge in [-0.3, -0.25) is 14.0 Å². The monoisotopic (exact) mass is 372 g/mol. The molecule has 3 rings (SSSR count). The molecule has 0 aliphatic carbocycles. The summed E-state index contributed by atoms with van der Waals surface area (Å²) in [6, 6.07) is 11.4. The summed E-state index contributed by atoms with van der Waals surface area (Å²) in [7, 11) is 0. The maximum Gasteiger partial charge on any atom is 0.307 e. The molecule has 0 amide bonds. The normalized spacial score (nSPS) is 10.8. The molecule has 0 radical (unpaired) electrons. The Labute approximate surface area is 153 Å². The van der Waals surface area contributed by atoms with Crippen molar-refractivity contribution in [2.24, 2.45) is 0 Å². The molecular formula is C19H17FN2O3S. The van der Waals surface area contributed by atoms with E-state index in [1.165, 1.54) is 28.3 Å². The third-order valence-corrected chi connectivity index (χ3v) is 4.69. The number of thioether (sulfide) groups is 1. The molecule has 7 heteroatoms. The average Bonchev–Trinajstić information content (AvgIpc) is 2.62. The van der Waals surface area contributed by atoms with E-state index in [2.05, 4.69) is 4.98 Å². The molecular weight excluding hydrogens is 355 g/mol. The molecule has 1 aromatic carbocycles. The minimum Gasteiger partial charge on any atom is -0.459 e. The molecule has 5 nitrogen and oxygen atoms in total. The first-order valence-corrected chi connectivity index (χ1v) is 9.03. The second-order valence-corrected chi connectivity index (χ2v) is 6.85. The molecule has 26 heavy (non-hydrogen) atoms. The van der Waals surface area contributed by atoms with Crippen LogP contribution in [-0.2, 0) is 16.1 Å². The van der Waals surface area contributed by atoms with Crippen molar-refractivity contribution >= 4 is 23.4 Å². The van der Waals surface area contributed by atoms with Gasteiger partial charge in [0.05, 0.1) is 12.1 Å². The fraction of sp³-hybridized carbons (Fsp3) is 0.211. The van der Waals surface area contributed by atoms with Crippen molar-refractivity contribution in [2.45, 2.75) is 24.8 Å². The molecule has 0 N–H and O–H groups in total. The predicted molar refractivity (Wildman–Crippen MR) is 97.7 cm³/mol. The van der Waals surface area contributed by atoms with E-state index in [4.69, 9.17) is 4.74 Å². The van der Waals surface area contributed by atoms with E-state index in [9.17, 15) is 14.0 Å². The van der Waals surface area contributed by atoms with Crippen LogP contribution < -0.4 is 5.56 Å². The molecule has 0 unspecified atom stereocenters. The van der Waals surface area contributed by atoms with Crippen LogP contribution in [0.1, 0.15) is 17.7 Å². The topological polar surface area (TPSA) is 60.7 Å². The van der Waals surface area contributed by atoms with E-state index in [1.54, 1.807) is 30.5 Å². The summed E-state index contributed by atoms with van der Waals surface area (Å²) in [5, 5.41) is 0. The van der Waals surface area contributed by atoms with Crippen molar-refractivity contribution in [2.75, 3.05) is 5.75 Å². The fourth-order valence-corrected chi connectivity index (χ4v) is 3.23. The van der Waals surface area contributed by atoms with Crippen molar-refractivity contribution < 1.29 is 13.9 Å². The molecule has 3 aromatic rings. The molecule has 0 spiro atoms. The number of carbonyl (C=O) groups is 1. The Bertz CT molecular complexity index is 1000. The Hall–Kier alpha value is -2.67. The summed E-state index contributed by atoms with van der Waals surface area (Å²) in [5.41, 5.74) is 1.63. The van der Waals surface area contributed by atoms with Crippen LogP contribution in [0.3, 0.4) is 0 Å². The lowest BCUT2D eigenvalue weighted by molar-refractivity contribution is -0.144. The van der Waals surface area contributed by atoms with E-state index < -0.39 is 5.97 Å². The molecule has 0 saturated heterocycles. The molecule has 0 aliphatic heterocycles. The predicted octanol–water partition coefficient (Wildman–Crippen LogP) is 3.37. The fourth-order valence-electron chi connectivity index (χ4n) is 2.36. The number of hydrogen-bond donors (Lipinski definition) is 0. The molecule has 0 saturated carbocycles. The molecule has 0 atom stereocenters. The zero-order chi connectivity index (χ0) is 18.5. The number of aromatic nitrogens is 2. The summed E-state index contributed by atoms with van der Waals surface area (Å²) >= 11 is 1.26. The number of pyridine rings is 1. The van der Waals surface area contributed by atoms with Gasteiger partial charge in [-0.25, -0.2) is 9.37 Å². The van der Waals surface area contributed by atoms with Crippen molar-refractivity contribution in [3.8, 4) is 0 Å². The van der Waals surface area contributed by atoms with Crippen molar-refractivity contribution in [1.82, 2.24) is 9.38 Å². The third kappa shape index (κ3) is 4.49. The Kier molecular flexibility index (Phi) is 5.68. The number of esters is 1. The first-order valence-electron chi connectivity index (χ1n) is 8.05. The minimum absolute atomic E-state index is 0.0667. The molecule has 0 fully saturated rings. The maximum absolute atomic E-state index is 13.5. The largest absolute Gasteiger partial charge is 0.459 e. The quantitative estimate of drug-likeness (QED) is 0.490. The van der Waals surface area contributed by atoms with Crippen LogP contribution in [0, 0.1) is 12.7 Å². The van der Waals surface area contributed by atoms with Gasteiger partial charge in [0.2, 0.25) is 0 Å². The van der Waals surface area contributed by atoms with Crippen LogP contribution in [0.5, 0.6) is 0 Å². The van der Waals surface area contributed by atoms with E-state index in [-0.39, 0.29) is 24.4 Å². The summed E-state index contributed by atoms with van der Waals surface area (Å²) in [5.74, 6) is -0.311. The van der Waals surface area contributed by atoms with E-state index >= 15 is 0 Å². The van der Waals surface area contributed by atoms with Gasteiger partial charge in [0, 0.05) is 22.9 Å². The number of rotatable bonds is 6. The lowest BCUT2D eigenvalue weighted by atomic mass is 10.3. The second kappa shape index (κ2) is 8.14. The third-order valence-electron chi connectivity index (χ3n) is 3.64. The summed E-state index contributed by atoms with van der Waals surface area (Å²) in [6.07, 6.45) is 1.85. The van der Waals surface area contributed by atoms with E-state index in [0.29, 0.717) is 22.0 Å². The lowest BCUT2D eigenvalue weighted by Crippen LogP contribution is -2.17.